The molecule has 1 aromatic carbocycles. The first kappa shape index (κ1) is 17.1. The summed E-state index contributed by atoms with van der Waals surface area (Å²) in [6.07, 6.45) is 7.64. The van der Waals surface area contributed by atoms with Crippen molar-refractivity contribution in [2.24, 2.45) is 5.92 Å². The molecule has 0 bridgehead atoms. The molecule has 1 atom stereocenters. The summed E-state index contributed by atoms with van der Waals surface area (Å²) in [4.78, 5) is 30.6. The Balaban J connectivity index is 1.40. The van der Waals surface area contributed by atoms with E-state index in [1.54, 1.807) is 0 Å². The second-order valence-corrected chi connectivity index (χ2v) is 7.70. The Morgan fingerprint density at radius 1 is 1.04 bits per heavy atom. The molecule has 0 radical (unpaired) electrons. The van der Waals surface area contributed by atoms with Crippen LogP contribution in [0.2, 0.25) is 0 Å². The summed E-state index contributed by atoms with van der Waals surface area (Å²) < 4.78 is 0. The van der Waals surface area contributed by atoms with E-state index in [9.17, 15) is 9.59 Å². The van der Waals surface area contributed by atoms with Gasteiger partial charge in [-0.05, 0) is 37.8 Å². The Morgan fingerprint density at radius 2 is 1.85 bits per heavy atom. The Morgan fingerprint density at radius 3 is 2.65 bits per heavy atom. The number of fused-ring (bicyclic) bond motifs is 1. The summed E-state index contributed by atoms with van der Waals surface area (Å²) >= 11 is 0. The van der Waals surface area contributed by atoms with E-state index < -0.39 is 0 Å². The van der Waals surface area contributed by atoms with Crippen molar-refractivity contribution in [2.75, 3.05) is 13.1 Å². The van der Waals surface area contributed by atoms with Crippen molar-refractivity contribution in [1.29, 1.82) is 0 Å². The Labute approximate surface area is 154 Å². The van der Waals surface area contributed by atoms with Crippen LogP contribution in [0.5, 0.6) is 0 Å². The van der Waals surface area contributed by atoms with Gasteiger partial charge in [-0.15, -0.1) is 0 Å². The third kappa shape index (κ3) is 3.62. The Kier molecular flexibility index (Phi) is 4.96. The van der Waals surface area contributed by atoms with Crippen molar-refractivity contribution in [2.45, 2.75) is 51.0 Å². The number of amides is 2. The van der Waals surface area contributed by atoms with Crippen LogP contribution in [0.1, 0.15) is 55.4 Å². The number of H-pyrrole nitrogens is 1. The number of likely N-dealkylation sites (tertiary alicyclic amines) is 1. The zero-order valence-corrected chi connectivity index (χ0v) is 15.2. The first-order chi connectivity index (χ1) is 12.7. The average molecular weight is 353 g/mol. The number of piperidine rings is 1. The van der Waals surface area contributed by atoms with Crippen LogP contribution in [0.4, 0.5) is 0 Å². The SMILES string of the molecule is O=C(NC1CCCCC1)[C@@H]1CCCN(C(=O)c2cc3ccccc3[nH]2)C1. The molecule has 2 amide bonds. The van der Waals surface area contributed by atoms with Crippen molar-refractivity contribution < 1.29 is 9.59 Å². The van der Waals surface area contributed by atoms with Gasteiger partial charge in [0.2, 0.25) is 5.91 Å². The number of hydrogen-bond donors (Lipinski definition) is 2. The third-order valence-electron chi connectivity index (χ3n) is 5.79. The molecule has 2 heterocycles. The molecule has 1 aromatic heterocycles. The minimum absolute atomic E-state index is 0.00336. The first-order valence-corrected chi connectivity index (χ1v) is 9.88. The molecular weight excluding hydrogens is 326 g/mol. The fourth-order valence-electron chi connectivity index (χ4n) is 4.30. The third-order valence-corrected chi connectivity index (χ3v) is 5.79. The second-order valence-electron chi connectivity index (χ2n) is 7.70. The van der Waals surface area contributed by atoms with Gasteiger partial charge in [-0.25, -0.2) is 0 Å². The van der Waals surface area contributed by atoms with Gasteiger partial charge in [-0.1, -0.05) is 37.5 Å². The lowest BCUT2D eigenvalue weighted by Gasteiger charge is -2.33. The minimum Gasteiger partial charge on any atom is -0.353 e. The van der Waals surface area contributed by atoms with Crippen LogP contribution in [-0.2, 0) is 4.79 Å². The Hall–Kier alpha value is -2.30. The van der Waals surface area contributed by atoms with Gasteiger partial charge in [0.15, 0.2) is 0 Å². The maximum Gasteiger partial charge on any atom is 0.270 e. The molecule has 2 aliphatic rings. The molecule has 4 rings (SSSR count). The van der Waals surface area contributed by atoms with Crippen molar-refractivity contribution in [1.82, 2.24) is 15.2 Å². The number of nitrogens with zero attached hydrogens (tertiary/aromatic N) is 1. The van der Waals surface area contributed by atoms with Gasteiger partial charge >= 0.3 is 0 Å². The molecule has 2 fully saturated rings. The molecule has 5 nitrogen and oxygen atoms in total. The predicted molar refractivity (Wildman–Crippen MR) is 102 cm³/mol. The number of para-hydroxylation sites is 1. The van der Waals surface area contributed by atoms with E-state index in [0.717, 1.165) is 43.1 Å². The van der Waals surface area contributed by atoms with E-state index in [0.29, 0.717) is 18.3 Å². The standard InChI is InChI=1S/C21H27N3O2/c25-20(22-17-9-2-1-3-10-17)16-8-6-12-24(14-16)21(26)19-13-15-7-4-5-11-18(15)23-19/h4-5,7,11,13,16-17,23H,1-3,6,8-10,12,14H2,(H,22,25)/t16-/m1/s1. The van der Waals surface area contributed by atoms with Crippen LogP contribution in [-0.4, -0.2) is 40.8 Å². The summed E-state index contributed by atoms with van der Waals surface area (Å²) in [7, 11) is 0. The van der Waals surface area contributed by atoms with E-state index in [1.807, 2.05) is 35.2 Å². The number of hydrogen-bond acceptors (Lipinski definition) is 2. The van der Waals surface area contributed by atoms with Crippen LogP contribution in [0.15, 0.2) is 30.3 Å². The number of carbonyl (C=O) groups excluding carboxylic acids is 2. The molecule has 138 valence electrons. The quantitative estimate of drug-likeness (QED) is 0.887. The van der Waals surface area contributed by atoms with Crippen LogP contribution in [0, 0.1) is 5.92 Å². The summed E-state index contributed by atoms with van der Waals surface area (Å²) in [5.74, 6) is 0.0430. The van der Waals surface area contributed by atoms with E-state index >= 15 is 0 Å². The van der Waals surface area contributed by atoms with Gasteiger partial charge < -0.3 is 15.2 Å². The number of rotatable bonds is 3. The summed E-state index contributed by atoms with van der Waals surface area (Å²) in [6.45, 7) is 1.24. The highest BCUT2D eigenvalue weighted by Crippen LogP contribution is 2.23. The predicted octanol–water partition coefficient (Wildman–Crippen LogP) is 3.47. The minimum atomic E-state index is -0.0843. The number of aromatic amines is 1. The summed E-state index contributed by atoms with van der Waals surface area (Å²) in [6, 6.07) is 10.1. The van der Waals surface area contributed by atoms with Gasteiger partial charge in [0.25, 0.3) is 5.91 Å². The zero-order chi connectivity index (χ0) is 17.9. The van der Waals surface area contributed by atoms with Gasteiger partial charge in [-0.3, -0.25) is 9.59 Å². The van der Waals surface area contributed by atoms with Gasteiger partial charge in [0.05, 0.1) is 5.92 Å². The normalized spacial score (nSPS) is 21.7. The van der Waals surface area contributed by atoms with Crippen molar-refractivity contribution in [3.8, 4) is 0 Å². The fraction of sp³-hybridized carbons (Fsp3) is 0.524. The molecule has 1 saturated carbocycles. The molecule has 5 heteroatoms. The van der Waals surface area contributed by atoms with E-state index in [1.165, 1.54) is 19.3 Å². The van der Waals surface area contributed by atoms with Crippen molar-refractivity contribution >= 4 is 22.7 Å². The Bertz CT molecular complexity index is 758. The van der Waals surface area contributed by atoms with Crippen LogP contribution >= 0.6 is 0 Å². The molecule has 2 aromatic rings. The lowest BCUT2D eigenvalue weighted by atomic mass is 9.93. The van der Waals surface area contributed by atoms with Gasteiger partial charge in [-0.2, -0.15) is 0 Å². The molecule has 2 N–H and O–H groups in total. The van der Waals surface area contributed by atoms with E-state index in [4.69, 9.17) is 0 Å². The number of aromatic nitrogens is 1. The van der Waals surface area contributed by atoms with E-state index in [2.05, 4.69) is 10.3 Å². The maximum atomic E-state index is 12.9. The first-order valence-electron chi connectivity index (χ1n) is 9.88. The highest BCUT2D eigenvalue weighted by atomic mass is 16.2. The molecule has 0 spiro atoms. The van der Waals surface area contributed by atoms with Crippen molar-refractivity contribution in [3.05, 3.63) is 36.0 Å². The maximum absolute atomic E-state index is 12.9. The molecule has 1 aliphatic carbocycles. The molecular formula is C21H27N3O2. The largest absolute Gasteiger partial charge is 0.353 e. The summed E-state index contributed by atoms with van der Waals surface area (Å²) in [5.41, 5.74) is 1.58. The molecule has 26 heavy (non-hydrogen) atoms. The monoisotopic (exact) mass is 353 g/mol. The smallest absolute Gasteiger partial charge is 0.270 e. The highest BCUT2D eigenvalue weighted by molar-refractivity contribution is 5.98. The molecule has 1 saturated heterocycles. The molecule has 1 aliphatic heterocycles. The van der Waals surface area contributed by atoms with E-state index in [-0.39, 0.29) is 17.7 Å². The number of nitrogens with one attached hydrogen (secondary N) is 2. The zero-order valence-electron chi connectivity index (χ0n) is 15.2. The second kappa shape index (κ2) is 7.52. The lowest BCUT2D eigenvalue weighted by Crippen LogP contribution is -2.48. The van der Waals surface area contributed by atoms with Crippen LogP contribution < -0.4 is 5.32 Å². The lowest BCUT2D eigenvalue weighted by molar-refractivity contribution is -0.127. The average Bonchev–Trinajstić information content (AvgIpc) is 3.12. The topological polar surface area (TPSA) is 65.2 Å². The summed E-state index contributed by atoms with van der Waals surface area (Å²) in [5, 5.41) is 4.27. The number of carbonyl (C=O) groups is 2. The van der Waals surface area contributed by atoms with Crippen LogP contribution in [0.25, 0.3) is 10.9 Å². The highest BCUT2D eigenvalue weighted by Gasteiger charge is 2.30. The fourth-order valence-corrected chi connectivity index (χ4v) is 4.30. The van der Waals surface area contributed by atoms with Gasteiger partial charge in [0, 0.05) is 30.0 Å². The van der Waals surface area contributed by atoms with Gasteiger partial charge in [0.1, 0.15) is 5.69 Å². The van der Waals surface area contributed by atoms with Crippen LogP contribution in [0.3, 0.4) is 0 Å². The molecule has 0 unspecified atom stereocenters. The van der Waals surface area contributed by atoms with Crippen molar-refractivity contribution in [3.63, 3.8) is 0 Å². The number of benzene rings is 1.